The number of nitrogens with one attached hydrogen (secondary N) is 1. The summed E-state index contributed by atoms with van der Waals surface area (Å²) in [5.41, 5.74) is -1.90. The zero-order valence-electron chi connectivity index (χ0n) is 11.0. The molecule has 1 aliphatic carbocycles. The van der Waals surface area contributed by atoms with Gasteiger partial charge in [-0.3, -0.25) is 4.79 Å². The van der Waals surface area contributed by atoms with Crippen molar-refractivity contribution >= 4 is 5.91 Å². The van der Waals surface area contributed by atoms with Crippen LogP contribution in [0.1, 0.15) is 48.5 Å². The van der Waals surface area contributed by atoms with Crippen LogP contribution in [-0.4, -0.2) is 11.4 Å². The number of rotatable bonds is 3. The molecule has 0 heterocycles. The summed E-state index contributed by atoms with van der Waals surface area (Å²) < 4.78 is 51.0. The van der Waals surface area contributed by atoms with Crippen LogP contribution in [0.3, 0.4) is 0 Å². The van der Waals surface area contributed by atoms with E-state index >= 15 is 0 Å². The van der Waals surface area contributed by atoms with Crippen molar-refractivity contribution in [2.45, 2.75) is 44.3 Å². The first-order valence-electron chi connectivity index (χ1n) is 6.47. The highest BCUT2D eigenvalue weighted by atomic mass is 19.4. The van der Waals surface area contributed by atoms with E-state index in [4.69, 9.17) is 0 Å². The normalized spacial score (nSPS) is 17.4. The lowest BCUT2D eigenvalue weighted by Gasteiger charge is -2.42. The van der Waals surface area contributed by atoms with Crippen molar-refractivity contribution in [3.05, 3.63) is 35.1 Å². The standard InChI is InChI=1S/C14H15F4NO/c1-2-13(6-3-7-13)19-12(20)9-4-5-11(15)10(8-9)14(16,17)18/h4-5,8H,2-3,6-7H2,1H3,(H,19,20). The van der Waals surface area contributed by atoms with E-state index in [2.05, 4.69) is 5.32 Å². The van der Waals surface area contributed by atoms with Crippen LogP contribution in [0.5, 0.6) is 0 Å². The van der Waals surface area contributed by atoms with Gasteiger partial charge in [-0.25, -0.2) is 4.39 Å². The van der Waals surface area contributed by atoms with Gasteiger partial charge < -0.3 is 5.32 Å². The van der Waals surface area contributed by atoms with Crippen LogP contribution in [0.2, 0.25) is 0 Å². The molecule has 2 nitrogen and oxygen atoms in total. The number of halogens is 4. The highest BCUT2D eigenvalue weighted by Crippen LogP contribution is 2.35. The Labute approximate surface area is 114 Å². The van der Waals surface area contributed by atoms with Crippen LogP contribution in [0.4, 0.5) is 17.6 Å². The third-order valence-electron chi connectivity index (χ3n) is 3.90. The van der Waals surface area contributed by atoms with Gasteiger partial charge in [0.25, 0.3) is 5.91 Å². The molecule has 0 radical (unpaired) electrons. The number of benzene rings is 1. The van der Waals surface area contributed by atoms with E-state index < -0.39 is 23.5 Å². The van der Waals surface area contributed by atoms with Crippen molar-refractivity contribution < 1.29 is 22.4 Å². The van der Waals surface area contributed by atoms with Crippen molar-refractivity contribution in [2.24, 2.45) is 0 Å². The highest BCUT2D eigenvalue weighted by Gasteiger charge is 2.38. The molecule has 0 aliphatic heterocycles. The summed E-state index contributed by atoms with van der Waals surface area (Å²) in [6.45, 7) is 1.92. The van der Waals surface area contributed by atoms with Crippen LogP contribution in [-0.2, 0) is 6.18 Å². The molecule has 0 aromatic heterocycles. The fourth-order valence-electron chi connectivity index (χ4n) is 2.37. The van der Waals surface area contributed by atoms with E-state index in [9.17, 15) is 22.4 Å². The van der Waals surface area contributed by atoms with Gasteiger partial charge in [0.1, 0.15) is 5.82 Å². The lowest BCUT2D eigenvalue weighted by atomic mass is 9.74. The van der Waals surface area contributed by atoms with Gasteiger partial charge in [0, 0.05) is 11.1 Å². The SMILES string of the molecule is CCC1(NC(=O)c2ccc(F)c(C(F)(F)F)c2)CCC1. The molecule has 0 bridgehead atoms. The zero-order chi connectivity index (χ0) is 15.0. The molecule has 1 amide bonds. The molecule has 1 aromatic rings. The smallest absolute Gasteiger partial charge is 0.347 e. The van der Waals surface area contributed by atoms with Crippen LogP contribution >= 0.6 is 0 Å². The highest BCUT2D eigenvalue weighted by molar-refractivity contribution is 5.95. The van der Waals surface area contributed by atoms with E-state index in [1.807, 2.05) is 6.92 Å². The predicted molar refractivity (Wildman–Crippen MR) is 65.7 cm³/mol. The lowest BCUT2D eigenvalue weighted by molar-refractivity contribution is -0.140. The summed E-state index contributed by atoms with van der Waals surface area (Å²) in [4.78, 5) is 12.0. The molecule has 0 atom stereocenters. The van der Waals surface area contributed by atoms with Gasteiger partial charge in [0.2, 0.25) is 0 Å². The van der Waals surface area contributed by atoms with E-state index in [0.29, 0.717) is 12.1 Å². The second-order valence-electron chi connectivity index (χ2n) is 5.13. The number of hydrogen-bond acceptors (Lipinski definition) is 1. The molecule has 1 N–H and O–H groups in total. The Kier molecular flexibility index (Phi) is 3.75. The Morgan fingerprint density at radius 1 is 1.35 bits per heavy atom. The molecular weight excluding hydrogens is 274 g/mol. The van der Waals surface area contributed by atoms with Gasteiger partial charge in [-0.05, 0) is 43.9 Å². The third kappa shape index (κ3) is 2.78. The minimum Gasteiger partial charge on any atom is -0.347 e. The monoisotopic (exact) mass is 289 g/mol. The molecule has 6 heteroatoms. The first kappa shape index (κ1) is 14.8. The fraction of sp³-hybridized carbons (Fsp3) is 0.500. The molecule has 2 rings (SSSR count). The van der Waals surface area contributed by atoms with Gasteiger partial charge in [0.15, 0.2) is 0 Å². The quantitative estimate of drug-likeness (QED) is 0.840. The Balaban J connectivity index is 2.23. The molecule has 1 saturated carbocycles. The summed E-state index contributed by atoms with van der Waals surface area (Å²) >= 11 is 0. The third-order valence-corrected chi connectivity index (χ3v) is 3.90. The number of amides is 1. The molecule has 0 unspecified atom stereocenters. The minimum absolute atomic E-state index is 0.168. The Hall–Kier alpha value is -1.59. The Morgan fingerprint density at radius 3 is 2.45 bits per heavy atom. The molecule has 1 fully saturated rings. The van der Waals surface area contributed by atoms with Gasteiger partial charge in [0.05, 0.1) is 5.56 Å². The fourth-order valence-corrected chi connectivity index (χ4v) is 2.37. The van der Waals surface area contributed by atoms with Gasteiger partial charge in [-0.15, -0.1) is 0 Å². The van der Waals surface area contributed by atoms with Crippen molar-refractivity contribution in [3.8, 4) is 0 Å². The molecule has 1 aliphatic rings. The second kappa shape index (κ2) is 5.07. The summed E-state index contributed by atoms with van der Waals surface area (Å²) in [5, 5.41) is 2.77. The van der Waals surface area contributed by atoms with Crippen molar-refractivity contribution in [1.82, 2.24) is 5.32 Å². The van der Waals surface area contributed by atoms with E-state index in [-0.39, 0.29) is 11.1 Å². The summed E-state index contributed by atoms with van der Waals surface area (Å²) in [7, 11) is 0. The van der Waals surface area contributed by atoms with Gasteiger partial charge >= 0.3 is 6.18 Å². The van der Waals surface area contributed by atoms with Gasteiger partial charge in [-0.1, -0.05) is 6.92 Å². The molecule has 20 heavy (non-hydrogen) atoms. The van der Waals surface area contributed by atoms with Crippen LogP contribution in [0, 0.1) is 5.82 Å². The minimum atomic E-state index is -4.81. The number of alkyl halides is 3. The first-order chi connectivity index (χ1) is 9.27. The van der Waals surface area contributed by atoms with Crippen LogP contribution < -0.4 is 5.32 Å². The maximum Gasteiger partial charge on any atom is 0.419 e. The molecule has 110 valence electrons. The zero-order valence-corrected chi connectivity index (χ0v) is 11.0. The van der Waals surface area contributed by atoms with Crippen LogP contribution in [0.15, 0.2) is 18.2 Å². The van der Waals surface area contributed by atoms with E-state index in [1.54, 1.807) is 0 Å². The molecular formula is C14H15F4NO. The van der Waals surface area contributed by atoms with Gasteiger partial charge in [-0.2, -0.15) is 13.2 Å². The molecule has 0 spiro atoms. The van der Waals surface area contributed by atoms with Crippen LogP contribution in [0.25, 0.3) is 0 Å². The summed E-state index contributed by atoms with van der Waals surface area (Å²) in [6, 6.07) is 2.31. The maximum atomic E-state index is 13.2. The maximum absolute atomic E-state index is 13.2. The average Bonchev–Trinajstić information content (AvgIpc) is 2.32. The Bertz CT molecular complexity index is 515. The molecule has 1 aromatic carbocycles. The first-order valence-corrected chi connectivity index (χ1v) is 6.47. The number of carbonyl (C=O) groups is 1. The average molecular weight is 289 g/mol. The summed E-state index contributed by atoms with van der Waals surface area (Å²) in [6.07, 6.45) is -1.44. The number of hydrogen-bond donors (Lipinski definition) is 1. The van der Waals surface area contributed by atoms with Crippen molar-refractivity contribution in [1.29, 1.82) is 0 Å². The van der Waals surface area contributed by atoms with E-state index in [0.717, 1.165) is 31.7 Å². The number of carbonyl (C=O) groups excluding carboxylic acids is 1. The lowest BCUT2D eigenvalue weighted by Crippen LogP contribution is -2.53. The second-order valence-corrected chi connectivity index (χ2v) is 5.13. The van der Waals surface area contributed by atoms with Crippen molar-refractivity contribution in [3.63, 3.8) is 0 Å². The predicted octanol–water partition coefficient (Wildman–Crippen LogP) is 3.91. The van der Waals surface area contributed by atoms with Crippen molar-refractivity contribution in [2.75, 3.05) is 0 Å². The summed E-state index contributed by atoms with van der Waals surface area (Å²) in [5.74, 6) is -1.96. The topological polar surface area (TPSA) is 29.1 Å². The molecule has 0 saturated heterocycles. The Morgan fingerprint density at radius 2 is 2.00 bits per heavy atom. The van der Waals surface area contributed by atoms with E-state index in [1.165, 1.54) is 0 Å². The largest absolute Gasteiger partial charge is 0.419 e.